The highest BCUT2D eigenvalue weighted by molar-refractivity contribution is 8.00. The maximum Gasteiger partial charge on any atom is 0.248 e. The summed E-state index contributed by atoms with van der Waals surface area (Å²) in [6, 6.07) is 2.84. The van der Waals surface area contributed by atoms with Gasteiger partial charge in [0, 0.05) is 18.4 Å². The van der Waals surface area contributed by atoms with Crippen molar-refractivity contribution in [3.63, 3.8) is 0 Å². The third kappa shape index (κ3) is 6.50. The number of ether oxygens (including phenoxy) is 1. The molecule has 43 heavy (non-hydrogen) atoms. The molecule has 1 aliphatic carbocycles. The van der Waals surface area contributed by atoms with E-state index in [0.717, 1.165) is 22.6 Å². The lowest BCUT2D eigenvalue weighted by Crippen LogP contribution is -2.55. The maximum absolute atomic E-state index is 14.1. The summed E-state index contributed by atoms with van der Waals surface area (Å²) in [5, 5.41) is 50.6. The van der Waals surface area contributed by atoms with E-state index in [2.05, 4.69) is 15.3 Å². The monoisotopic (exact) mass is 670 g/mol. The van der Waals surface area contributed by atoms with Crippen LogP contribution < -0.4 is 0 Å². The molecule has 1 aliphatic heterocycles. The molecule has 4 N–H and O–H groups in total. The zero-order valence-electron chi connectivity index (χ0n) is 21.9. The maximum atomic E-state index is 14.1. The number of pyridine rings is 1. The standard InChI is InChI=1S/C26H25Cl2F5N4O5S/c27-12-1-2-17(28)34-19(12)23(25(41)3-5-26(32,33)6-4-25)43-24-22(40)20(21(39)16(10-38)42-24)37-9-15(35-36-37)11-7-13(29)18(31)14(30)8-11/h1-2,7-9,16,20-24,38-41H,3-6,10H2/t16-,20+,21+,22-,23-,24+/m1/s1. The molecule has 6 atom stereocenters. The number of nitrogens with zero attached hydrogens (tertiary/aromatic N) is 4. The Bertz CT molecular complexity index is 1460. The molecule has 0 radical (unpaired) electrons. The van der Waals surface area contributed by atoms with Crippen LogP contribution in [0.15, 0.2) is 30.5 Å². The molecule has 1 saturated carbocycles. The van der Waals surface area contributed by atoms with E-state index in [-0.39, 0.29) is 40.0 Å². The number of rotatable bonds is 7. The topological polar surface area (TPSA) is 134 Å². The number of aliphatic hydroxyl groups excluding tert-OH is 3. The number of hydrogen-bond acceptors (Lipinski definition) is 9. The molecule has 3 heterocycles. The first-order valence-corrected chi connectivity index (χ1v) is 14.7. The molecule has 1 aromatic carbocycles. The summed E-state index contributed by atoms with van der Waals surface area (Å²) in [5.41, 5.74) is -3.39. The van der Waals surface area contributed by atoms with Crippen molar-refractivity contribution in [2.24, 2.45) is 0 Å². The molecular formula is C26H25Cl2F5N4O5S. The van der Waals surface area contributed by atoms with Gasteiger partial charge in [-0.05, 0) is 37.1 Å². The fraction of sp³-hybridized carbons (Fsp3) is 0.500. The summed E-state index contributed by atoms with van der Waals surface area (Å²) in [7, 11) is 0. The zero-order valence-corrected chi connectivity index (χ0v) is 24.3. The zero-order chi connectivity index (χ0) is 31.3. The molecule has 9 nitrogen and oxygen atoms in total. The largest absolute Gasteiger partial charge is 0.394 e. The number of aliphatic hydroxyl groups is 4. The molecule has 0 amide bonds. The van der Waals surface area contributed by atoms with E-state index in [1.807, 2.05) is 0 Å². The van der Waals surface area contributed by atoms with Gasteiger partial charge in [0.15, 0.2) is 17.5 Å². The normalized spacial score (nSPS) is 27.7. The Labute approximate surface area is 255 Å². The van der Waals surface area contributed by atoms with Gasteiger partial charge < -0.3 is 25.2 Å². The van der Waals surface area contributed by atoms with Crippen LogP contribution in [-0.4, -0.2) is 82.3 Å². The van der Waals surface area contributed by atoms with Crippen molar-refractivity contribution < 1.29 is 47.1 Å². The lowest BCUT2D eigenvalue weighted by Gasteiger charge is -2.46. The summed E-state index contributed by atoms with van der Waals surface area (Å²) in [4.78, 5) is 4.22. The summed E-state index contributed by atoms with van der Waals surface area (Å²) < 4.78 is 76.0. The van der Waals surface area contributed by atoms with Gasteiger partial charge in [-0.1, -0.05) is 28.4 Å². The Morgan fingerprint density at radius 3 is 2.33 bits per heavy atom. The minimum Gasteiger partial charge on any atom is -0.394 e. The van der Waals surface area contributed by atoms with E-state index in [0.29, 0.717) is 12.1 Å². The van der Waals surface area contributed by atoms with Crippen LogP contribution in [0.4, 0.5) is 22.0 Å². The van der Waals surface area contributed by atoms with Gasteiger partial charge in [-0.15, -0.1) is 16.9 Å². The van der Waals surface area contributed by atoms with Gasteiger partial charge in [0.05, 0.1) is 34.4 Å². The molecule has 2 aromatic heterocycles. The van der Waals surface area contributed by atoms with E-state index < -0.39 is 83.5 Å². The minimum atomic E-state index is -2.99. The van der Waals surface area contributed by atoms with Crippen molar-refractivity contribution in [1.29, 1.82) is 0 Å². The molecule has 5 rings (SSSR count). The summed E-state index contributed by atoms with van der Waals surface area (Å²) >= 11 is 13.3. The van der Waals surface area contributed by atoms with Crippen molar-refractivity contribution in [2.75, 3.05) is 6.61 Å². The van der Waals surface area contributed by atoms with Gasteiger partial charge in [-0.3, -0.25) is 0 Å². The number of benzene rings is 1. The highest BCUT2D eigenvalue weighted by Gasteiger charge is 2.52. The Morgan fingerprint density at radius 2 is 1.70 bits per heavy atom. The number of hydrogen-bond donors (Lipinski definition) is 4. The van der Waals surface area contributed by atoms with Crippen molar-refractivity contribution in [3.05, 3.63) is 63.8 Å². The van der Waals surface area contributed by atoms with Crippen molar-refractivity contribution in [3.8, 4) is 11.3 Å². The highest BCUT2D eigenvalue weighted by atomic mass is 35.5. The third-order valence-corrected chi connectivity index (χ3v) is 9.76. The minimum absolute atomic E-state index is 0.00481. The van der Waals surface area contributed by atoms with E-state index in [1.54, 1.807) is 0 Å². The number of aromatic nitrogens is 4. The molecule has 0 unspecified atom stereocenters. The molecule has 234 valence electrons. The van der Waals surface area contributed by atoms with Crippen molar-refractivity contribution >= 4 is 35.0 Å². The number of alkyl halides is 2. The Morgan fingerprint density at radius 1 is 1.05 bits per heavy atom. The van der Waals surface area contributed by atoms with Crippen molar-refractivity contribution in [2.45, 2.75) is 72.2 Å². The van der Waals surface area contributed by atoms with Crippen LogP contribution in [0.5, 0.6) is 0 Å². The predicted molar refractivity (Wildman–Crippen MR) is 145 cm³/mol. The summed E-state index contributed by atoms with van der Waals surface area (Å²) in [6.45, 7) is -0.727. The van der Waals surface area contributed by atoms with Gasteiger partial charge in [0.2, 0.25) is 5.92 Å². The highest BCUT2D eigenvalue weighted by Crippen LogP contribution is 2.53. The van der Waals surface area contributed by atoms with Crippen LogP contribution in [0.1, 0.15) is 42.7 Å². The van der Waals surface area contributed by atoms with Crippen LogP contribution in [0, 0.1) is 17.5 Å². The van der Waals surface area contributed by atoms with Crippen LogP contribution in [0.3, 0.4) is 0 Å². The molecule has 0 spiro atoms. The Kier molecular flexibility index (Phi) is 9.27. The van der Waals surface area contributed by atoms with E-state index >= 15 is 0 Å². The van der Waals surface area contributed by atoms with Gasteiger partial charge in [-0.25, -0.2) is 31.6 Å². The average molecular weight is 671 g/mol. The number of halogens is 7. The molecule has 1 saturated heterocycles. The molecule has 2 fully saturated rings. The van der Waals surface area contributed by atoms with Crippen LogP contribution >= 0.6 is 35.0 Å². The predicted octanol–water partition coefficient (Wildman–Crippen LogP) is 4.46. The van der Waals surface area contributed by atoms with Gasteiger partial charge in [-0.2, -0.15) is 0 Å². The fourth-order valence-corrected chi connectivity index (χ4v) is 7.29. The lowest BCUT2D eigenvalue weighted by atomic mass is 9.79. The van der Waals surface area contributed by atoms with Gasteiger partial charge in [0.25, 0.3) is 0 Å². The second-order valence-electron chi connectivity index (χ2n) is 10.5. The van der Waals surface area contributed by atoms with Crippen molar-refractivity contribution in [1.82, 2.24) is 20.0 Å². The fourth-order valence-electron chi connectivity index (χ4n) is 5.26. The van der Waals surface area contributed by atoms with Crippen LogP contribution in [-0.2, 0) is 4.74 Å². The summed E-state index contributed by atoms with van der Waals surface area (Å²) in [6.07, 6.45) is -5.35. The molecular weight excluding hydrogens is 646 g/mol. The first kappa shape index (κ1) is 32.3. The average Bonchev–Trinajstić information content (AvgIpc) is 3.44. The van der Waals surface area contributed by atoms with Gasteiger partial charge in [0.1, 0.15) is 40.6 Å². The lowest BCUT2D eigenvalue weighted by molar-refractivity contribution is -0.179. The van der Waals surface area contributed by atoms with E-state index in [4.69, 9.17) is 27.9 Å². The van der Waals surface area contributed by atoms with Gasteiger partial charge >= 0.3 is 0 Å². The first-order chi connectivity index (χ1) is 20.2. The second kappa shape index (κ2) is 12.4. The first-order valence-electron chi connectivity index (χ1n) is 13.0. The molecule has 0 bridgehead atoms. The molecule has 17 heteroatoms. The smallest absolute Gasteiger partial charge is 0.248 e. The third-order valence-electron chi connectivity index (χ3n) is 7.64. The summed E-state index contributed by atoms with van der Waals surface area (Å²) in [5.74, 6) is -7.61. The van der Waals surface area contributed by atoms with E-state index in [9.17, 15) is 42.4 Å². The van der Waals surface area contributed by atoms with Crippen LogP contribution in [0.2, 0.25) is 10.2 Å². The Hall–Kier alpha value is -2.11. The second-order valence-corrected chi connectivity index (χ2v) is 12.5. The quantitative estimate of drug-likeness (QED) is 0.163. The number of thioether (sulfide) groups is 1. The molecule has 2 aliphatic rings. The van der Waals surface area contributed by atoms with Crippen LogP contribution in [0.25, 0.3) is 11.3 Å². The van der Waals surface area contributed by atoms with E-state index in [1.165, 1.54) is 12.1 Å². The molecule has 3 aromatic rings. The Balaban J connectivity index is 1.49. The SMILES string of the molecule is OC[C@H]1O[C@@H](S[C@H](c2nc(Cl)ccc2Cl)C2(O)CCC(F)(F)CC2)[C@H](O)[C@@H](n2cc(-c3cc(F)c(F)c(F)c3)nn2)[C@H]1O.